The van der Waals surface area contributed by atoms with Crippen LogP contribution in [0.1, 0.15) is 42.0 Å². The minimum atomic E-state index is -0.570. The summed E-state index contributed by atoms with van der Waals surface area (Å²) in [5, 5.41) is 9.89. The zero-order valence-corrected chi connectivity index (χ0v) is 14.6. The maximum atomic E-state index is 12.2. The van der Waals surface area contributed by atoms with E-state index in [4.69, 9.17) is 0 Å². The van der Waals surface area contributed by atoms with Crippen LogP contribution in [0.2, 0.25) is 0 Å². The van der Waals surface area contributed by atoms with Gasteiger partial charge >= 0.3 is 0 Å². The predicted octanol–water partition coefficient (Wildman–Crippen LogP) is 2.13. The van der Waals surface area contributed by atoms with E-state index in [1.807, 2.05) is 43.7 Å². The highest BCUT2D eigenvalue weighted by Gasteiger charge is 2.16. The fraction of sp³-hybridized carbons (Fsp3) is 0.389. The van der Waals surface area contributed by atoms with Crippen molar-refractivity contribution in [1.29, 1.82) is 0 Å². The lowest BCUT2D eigenvalue weighted by molar-refractivity contribution is -0.122. The molecule has 6 nitrogen and oxygen atoms in total. The molecule has 24 heavy (non-hydrogen) atoms. The molecular weight excluding hydrogens is 304 g/mol. The number of nitrogens with zero attached hydrogens (tertiary/aromatic N) is 2. The van der Waals surface area contributed by atoms with Gasteiger partial charge in [0.25, 0.3) is 5.91 Å². The lowest BCUT2D eigenvalue weighted by atomic mass is 10.1. The molecule has 2 aromatic rings. The van der Waals surface area contributed by atoms with Crippen LogP contribution in [0.25, 0.3) is 5.69 Å². The molecule has 0 bridgehead atoms. The first kappa shape index (κ1) is 17.7. The number of amides is 2. The quantitative estimate of drug-likeness (QED) is 0.853. The molecular formula is C18H24N4O2. The normalized spacial score (nSPS) is 11.8. The molecule has 0 fully saturated rings. The Morgan fingerprint density at radius 1 is 1.21 bits per heavy atom. The number of aromatic nitrogens is 2. The summed E-state index contributed by atoms with van der Waals surface area (Å²) < 4.78 is 1.83. The zero-order chi connectivity index (χ0) is 17.7. The van der Waals surface area contributed by atoms with Crippen molar-refractivity contribution in [2.75, 3.05) is 6.54 Å². The van der Waals surface area contributed by atoms with E-state index < -0.39 is 6.04 Å². The van der Waals surface area contributed by atoms with Gasteiger partial charge < -0.3 is 10.6 Å². The summed E-state index contributed by atoms with van der Waals surface area (Å²) in [7, 11) is 0. The maximum Gasteiger partial charge on any atom is 0.251 e. The molecule has 0 saturated heterocycles. The van der Waals surface area contributed by atoms with Crippen molar-refractivity contribution in [2.45, 2.75) is 40.2 Å². The third kappa shape index (κ3) is 4.22. The molecule has 1 aromatic heterocycles. The van der Waals surface area contributed by atoms with Crippen LogP contribution in [0.4, 0.5) is 0 Å². The Balaban J connectivity index is 2.03. The minimum Gasteiger partial charge on any atom is -0.354 e. The third-order valence-corrected chi connectivity index (χ3v) is 3.67. The van der Waals surface area contributed by atoms with Crippen LogP contribution in [-0.2, 0) is 4.79 Å². The van der Waals surface area contributed by atoms with Crippen LogP contribution in [0, 0.1) is 13.8 Å². The van der Waals surface area contributed by atoms with Crippen LogP contribution in [0.3, 0.4) is 0 Å². The number of rotatable bonds is 6. The van der Waals surface area contributed by atoms with Crippen LogP contribution in [-0.4, -0.2) is 34.2 Å². The number of hydrogen-bond acceptors (Lipinski definition) is 3. The van der Waals surface area contributed by atoms with E-state index in [0.29, 0.717) is 12.1 Å². The van der Waals surface area contributed by atoms with Crippen molar-refractivity contribution in [3.63, 3.8) is 0 Å². The molecule has 128 valence electrons. The van der Waals surface area contributed by atoms with E-state index in [-0.39, 0.29) is 11.8 Å². The monoisotopic (exact) mass is 328 g/mol. The van der Waals surface area contributed by atoms with Gasteiger partial charge in [-0.3, -0.25) is 9.59 Å². The van der Waals surface area contributed by atoms with Crippen molar-refractivity contribution in [2.24, 2.45) is 0 Å². The van der Waals surface area contributed by atoms with Crippen molar-refractivity contribution < 1.29 is 9.59 Å². The summed E-state index contributed by atoms with van der Waals surface area (Å²) in [6.07, 6.45) is 0.861. The molecule has 0 aliphatic rings. The van der Waals surface area contributed by atoms with E-state index in [2.05, 4.69) is 15.7 Å². The number of nitrogens with one attached hydrogen (secondary N) is 2. The molecule has 1 atom stereocenters. The standard InChI is InChI=1S/C18H24N4O2/c1-5-10-19-17(23)14(4)20-18(24)15-6-8-16(9-7-15)22-13(3)11-12(2)21-22/h6-9,11,14H,5,10H2,1-4H3,(H,19,23)(H,20,24)/t14-/m1/s1. The van der Waals surface area contributed by atoms with E-state index in [1.54, 1.807) is 19.1 Å². The molecule has 2 rings (SSSR count). The topological polar surface area (TPSA) is 76.0 Å². The molecule has 0 saturated carbocycles. The molecule has 0 unspecified atom stereocenters. The molecule has 0 radical (unpaired) electrons. The molecule has 1 aromatic carbocycles. The third-order valence-electron chi connectivity index (χ3n) is 3.67. The highest BCUT2D eigenvalue weighted by molar-refractivity contribution is 5.97. The first-order valence-corrected chi connectivity index (χ1v) is 8.14. The largest absolute Gasteiger partial charge is 0.354 e. The Morgan fingerprint density at radius 2 is 1.88 bits per heavy atom. The van der Waals surface area contributed by atoms with Crippen molar-refractivity contribution >= 4 is 11.8 Å². The minimum absolute atomic E-state index is 0.176. The summed E-state index contributed by atoms with van der Waals surface area (Å²) in [5.74, 6) is -0.446. The van der Waals surface area contributed by atoms with Gasteiger partial charge in [-0.05, 0) is 57.5 Å². The first-order valence-electron chi connectivity index (χ1n) is 8.14. The zero-order valence-electron chi connectivity index (χ0n) is 14.6. The second-order valence-corrected chi connectivity index (χ2v) is 5.87. The Bertz CT molecular complexity index is 719. The number of carbonyl (C=O) groups is 2. The van der Waals surface area contributed by atoms with Gasteiger partial charge in [-0.15, -0.1) is 0 Å². The van der Waals surface area contributed by atoms with Crippen LogP contribution in [0.5, 0.6) is 0 Å². The summed E-state index contributed by atoms with van der Waals surface area (Å²) in [5.41, 5.74) is 3.38. The molecule has 0 aliphatic heterocycles. The van der Waals surface area contributed by atoms with Gasteiger partial charge in [0.1, 0.15) is 6.04 Å². The Morgan fingerprint density at radius 3 is 2.42 bits per heavy atom. The Hall–Kier alpha value is -2.63. The molecule has 1 heterocycles. The Labute approximate surface area is 142 Å². The van der Waals surface area contributed by atoms with Crippen LogP contribution < -0.4 is 10.6 Å². The average molecular weight is 328 g/mol. The average Bonchev–Trinajstić information content (AvgIpc) is 2.91. The lowest BCUT2D eigenvalue weighted by Gasteiger charge is -2.14. The fourth-order valence-corrected chi connectivity index (χ4v) is 2.39. The van der Waals surface area contributed by atoms with Gasteiger partial charge in [0.2, 0.25) is 5.91 Å². The van der Waals surface area contributed by atoms with Gasteiger partial charge in [0.05, 0.1) is 11.4 Å². The first-order chi connectivity index (χ1) is 11.4. The summed E-state index contributed by atoms with van der Waals surface area (Å²) >= 11 is 0. The lowest BCUT2D eigenvalue weighted by Crippen LogP contribution is -2.45. The number of aryl methyl sites for hydroxylation is 2. The smallest absolute Gasteiger partial charge is 0.251 e. The van der Waals surface area contributed by atoms with Crippen molar-refractivity contribution in [1.82, 2.24) is 20.4 Å². The molecule has 6 heteroatoms. The molecule has 0 spiro atoms. The van der Waals surface area contributed by atoms with E-state index >= 15 is 0 Å². The van der Waals surface area contributed by atoms with Crippen molar-refractivity contribution in [3.05, 3.63) is 47.3 Å². The summed E-state index contributed by atoms with van der Waals surface area (Å²) in [4.78, 5) is 24.0. The highest BCUT2D eigenvalue weighted by Crippen LogP contribution is 2.13. The van der Waals surface area contributed by atoms with Gasteiger partial charge in [-0.25, -0.2) is 4.68 Å². The number of carbonyl (C=O) groups excluding carboxylic acids is 2. The number of hydrogen-bond donors (Lipinski definition) is 2. The maximum absolute atomic E-state index is 12.2. The summed E-state index contributed by atoms with van der Waals surface area (Å²) in [6, 6.07) is 8.58. The predicted molar refractivity (Wildman–Crippen MR) is 93.3 cm³/mol. The fourth-order valence-electron chi connectivity index (χ4n) is 2.39. The van der Waals surface area contributed by atoms with Crippen LogP contribution in [0.15, 0.2) is 30.3 Å². The second kappa shape index (κ2) is 7.77. The molecule has 2 amide bonds. The molecule has 2 N–H and O–H groups in total. The SMILES string of the molecule is CCCNC(=O)[C@@H](C)NC(=O)c1ccc(-n2nc(C)cc2C)cc1. The van der Waals surface area contributed by atoms with Gasteiger partial charge in [-0.1, -0.05) is 6.92 Å². The summed E-state index contributed by atoms with van der Waals surface area (Å²) in [6.45, 7) is 8.19. The Kier molecular flexibility index (Phi) is 5.73. The molecule has 0 aliphatic carbocycles. The van der Waals surface area contributed by atoms with Gasteiger partial charge in [0.15, 0.2) is 0 Å². The van der Waals surface area contributed by atoms with Crippen LogP contribution >= 0.6 is 0 Å². The van der Waals surface area contributed by atoms with Crippen molar-refractivity contribution in [3.8, 4) is 5.69 Å². The van der Waals surface area contributed by atoms with Gasteiger partial charge in [-0.2, -0.15) is 5.10 Å². The van der Waals surface area contributed by atoms with E-state index in [9.17, 15) is 9.59 Å². The highest BCUT2D eigenvalue weighted by atomic mass is 16.2. The number of benzene rings is 1. The second-order valence-electron chi connectivity index (χ2n) is 5.87. The van der Waals surface area contributed by atoms with E-state index in [0.717, 1.165) is 23.5 Å². The van der Waals surface area contributed by atoms with Gasteiger partial charge in [0, 0.05) is 17.8 Å². The van der Waals surface area contributed by atoms with E-state index in [1.165, 1.54) is 0 Å².